The van der Waals surface area contributed by atoms with Crippen LogP contribution in [-0.2, 0) is 6.42 Å². The van der Waals surface area contributed by atoms with Crippen LogP contribution < -0.4 is 5.32 Å². The first kappa shape index (κ1) is 11.5. The summed E-state index contributed by atoms with van der Waals surface area (Å²) in [6.45, 7) is 5.00. The Kier molecular flexibility index (Phi) is 3.64. The number of H-pyrrole nitrogens is 1. The minimum Gasteiger partial charge on any atom is -0.370 e. The second-order valence-electron chi connectivity index (χ2n) is 3.70. The molecule has 0 aromatic carbocycles. The number of hydrogen-bond acceptors (Lipinski definition) is 5. The molecule has 0 bridgehead atoms. The highest BCUT2D eigenvalue weighted by Crippen LogP contribution is 2.15. The zero-order chi connectivity index (χ0) is 12.1. The fourth-order valence-electron chi connectivity index (χ4n) is 1.58. The molecule has 90 valence electrons. The van der Waals surface area contributed by atoms with E-state index in [-0.39, 0.29) is 0 Å². The summed E-state index contributed by atoms with van der Waals surface area (Å²) in [5.41, 5.74) is 1.69. The maximum absolute atomic E-state index is 4.47. The Labute approximate surface area is 99.9 Å². The van der Waals surface area contributed by atoms with Crippen LogP contribution in [0, 0.1) is 0 Å². The first-order valence-corrected chi connectivity index (χ1v) is 5.81. The summed E-state index contributed by atoms with van der Waals surface area (Å²) >= 11 is 0. The van der Waals surface area contributed by atoms with Gasteiger partial charge in [-0.1, -0.05) is 13.3 Å². The Morgan fingerprint density at radius 2 is 2.18 bits per heavy atom. The van der Waals surface area contributed by atoms with Crippen LogP contribution in [0.3, 0.4) is 0 Å². The molecule has 0 saturated heterocycles. The number of nitrogens with zero attached hydrogens (tertiary/aromatic N) is 4. The number of rotatable bonds is 5. The van der Waals surface area contributed by atoms with E-state index in [0.29, 0.717) is 11.5 Å². The molecule has 0 atom stereocenters. The van der Waals surface area contributed by atoms with Crippen LogP contribution in [0.1, 0.15) is 26.0 Å². The zero-order valence-electron chi connectivity index (χ0n) is 10.1. The number of hydrogen-bond donors (Lipinski definition) is 2. The molecule has 0 aliphatic rings. The SMILES string of the molecule is CCCc1cc(NCC)nc(-c2cn[nH]n2)n1. The van der Waals surface area contributed by atoms with Crippen molar-refractivity contribution >= 4 is 5.82 Å². The summed E-state index contributed by atoms with van der Waals surface area (Å²) < 4.78 is 0. The molecule has 0 aliphatic heterocycles. The van der Waals surface area contributed by atoms with Crippen molar-refractivity contribution in [3.63, 3.8) is 0 Å². The van der Waals surface area contributed by atoms with Gasteiger partial charge in [-0.3, -0.25) is 0 Å². The summed E-state index contributed by atoms with van der Waals surface area (Å²) in [6.07, 6.45) is 3.62. The molecular weight excluding hydrogens is 216 g/mol. The van der Waals surface area contributed by atoms with Gasteiger partial charge in [0.2, 0.25) is 0 Å². The summed E-state index contributed by atoms with van der Waals surface area (Å²) in [5, 5.41) is 13.5. The lowest BCUT2D eigenvalue weighted by molar-refractivity contribution is 0.872. The van der Waals surface area contributed by atoms with Gasteiger partial charge in [-0.15, -0.1) is 0 Å². The van der Waals surface area contributed by atoms with E-state index >= 15 is 0 Å². The van der Waals surface area contributed by atoms with Crippen molar-refractivity contribution in [3.8, 4) is 11.5 Å². The summed E-state index contributed by atoms with van der Waals surface area (Å²) in [4.78, 5) is 8.88. The van der Waals surface area contributed by atoms with Crippen LogP contribution in [0.2, 0.25) is 0 Å². The molecular formula is C11H16N6. The fraction of sp³-hybridized carbons (Fsp3) is 0.455. The van der Waals surface area contributed by atoms with E-state index in [0.717, 1.165) is 30.9 Å². The van der Waals surface area contributed by atoms with Crippen LogP contribution >= 0.6 is 0 Å². The maximum Gasteiger partial charge on any atom is 0.183 e. The quantitative estimate of drug-likeness (QED) is 0.819. The van der Waals surface area contributed by atoms with Crippen molar-refractivity contribution in [2.24, 2.45) is 0 Å². The predicted molar refractivity (Wildman–Crippen MR) is 65.6 cm³/mol. The molecule has 0 aliphatic carbocycles. The Balaban J connectivity index is 2.37. The lowest BCUT2D eigenvalue weighted by Crippen LogP contribution is -2.04. The van der Waals surface area contributed by atoms with Gasteiger partial charge in [0.15, 0.2) is 5.82 Å². The largest absolute Gasteiger partial charge is 0.370 e. The average molecular weight is 232 g/mol. The topological polar surface area (TPSA) is 79.4 Å². The van der Waals surface area contributed by atoms with Gasteiger partial charge in [-0.2, -0.15) is 15.4 Å². The van der Waals surface area contributed by atoms with Crippen molar-refractivity contribution < 1.29 is 0 Å². The highest BCUT2D eigenvalue weighted by atomic mass is 15.3. The molecule has 6 heteroatoms. The van der Waals surface area contributed by atoms with Crippen molar-refractivity contribution in [3.05, 3.63) is 18.0 Å². The lowest BCUT2D eigenvalue weighted by Gasteiger charge is -2.06. The van der Waals surface area contributed by atoms with Crippen LogP contribution in [0.4, 0.5) is 5.82 Å². The molecule has 2 aromatic rings. The monoisotopic (exact) mass is 232 g/mol. The van der Waals surface area contributed by atoms with Crippen molar-refractivity contribution in [1.82, 2.24) is 25.4 Å². The zero-order valence-corrected chi connectivity index (χ0v) is 10.1. The van der Waals surface area contributed by atoms with Gasteiger partial charge in [-0.25, -0.2) is 9.97 Å². The number of aromatic amines is 1. The predicted octanol–water partition coefficient (Wildman–Crippen LogP) is 1.65. The van der Waals surface area contributed by atoms with Crippen LogP contribution in [0.5, 0.6) is 0 Å². The second kappa shape index (κ2) is 5.38. The van der Waals surface area contributed by atoms with Crippen LogP contribution in [0.15, 0.2) is 12.3 Å². The Morgan fingerprint density at radius 3 is 2.82 bits per heavy atom. The van der Waals surface area contributed by atoms with Gasteiger partial charge in [0.25, 0.3) is 0 Å². The minimum atomic E-state index is 0.612. The number of anilines is 1. The second-order valence-corrected chi connectivity index (χ2v) is 3.70. The van der Waals surface area contributed by atoms with E-state index in [1.54, 1.807) is 6.20 Å². The van der Waals surface area contributed by atoms with Gasteiger partial charge in [-0.05, 0) is 13.3 Å². The van der Waals surface area contributed by atoms with Crippen LogP contribution in [0.25, 0.3) is 11.5 Å². The standard InChI is InChI=1S/C11H16N6/c1-3-5-8-6-10(12-4-2)15-11(14-8)9-7-13-17-16-9/h6-7H,3-5H2,1-2H3,(H,12,14,15)(H,13,16,17). The van der Waals surface area contributed by atoms with Crippen molar-refractivity contribution in [2.75, 3.05) is 11.9 Å². The van der Waals surface area contributed by atoms with E-state index in [1.165, 1.54) is 0 Å². The van der Waals surface area contributed by atoms with Crippen LogP contribution in [-0.4, -0.2) is 31.9 Å². The molecule has 0 fully saturated rings. The highest BCUT2D eigenvalue weighted by Gasteiger charge is 2.08. The Hall–Kier alpha value is -1.98. The molecule has 0 saturated carbocycles. The molecule has 0 radical (unpaired) electrons. The molecule has 2 aromatic heterocycles. The molecule has 0 spiro atoms. The van der Waals surface area contributed by atoms with E-state index in [4.69, 9.17) is 0 Å². The molecule has 2 rings (SSSR count). The summed E-state index contributed by atoms with van der Waals surface area (Å²) in [5.74, 6) is 1.45. The van der Waals surface area contributed by atoms with Gasteiger partial charge in [0.1, 0.15) is 11.5 Å². The van der Waals surface area contributed by atoms with Gasteiger partial charge < -0.3 is 5.32 Å². The highest BCUT2D eigenvalue weighted by molar-refractivity contribution is 5.51. The third kappa shape index (κ3) is 2.77. The van der Waals surface area contributed by atoms with Gasteiger partial charge in [0.05, 0.1) is 6.20 Å². The van der Waals surface area contributed by atoms with Crippen molar-refractivity contribution in [1.29, 1.82) is 0 Å². The first-order chi connectivity index (χ1) is 8.33. The molecule has 0 unspecified atom stereocenters. The van der Waals surface area contributed by atoms with E-state index in [9.17, 15) is 0 Å². The molecule has 2 heterocycles. The Morgan fingerprint density at radius 1 is 1.29 bits per heavy atom. The van der Waals surface area contributed by atoms with Gasteiger partial charge >= 0.3 is 0 Å². The van der Waals surface area contributed by atoms with E-state index < -0.39 is 0 Å². The Bertz CT molecular complexity index is 441. The first-order valence-electron chi connectivity index (χ1n) is 5.81. The van der Waals surface area contributed by atoms with Crippen molar-refractivity contribution in [2.45, 2.75) is 26.7 Å². The van der Waals surface area contributed by atoms with Gasteiger partial charge in [0, 0.05) is 18.3 Å². The minimum absolute atomic E-state index is 0.612. The molecule has 6 nitrogen and oxygen atoms in total. The maximum atomic E-state index is 4.47. The summed E-state index contributed by atoms with van der Waals surface area (Å²) in [7, 11) is 0. The molecule has 0 amide bonds. The molecule has 17 heavy (non-hydrogen) atoms. The smallest absolute Gasteiger partial charge is 0.183 e. The number of aromatic nitrogens is 5. The fourth-order valence-corrected chi connectivity index (χ4v) is 1.58. The average Bonchev–Trinajstić information content (AvgIpc) is 2.83. The lowest BCUT2D eigenvalue weighted by atomic mass is 10.2. The normalized spacial score (nSPS) is 10.5. The summed E-state index contributed by atoms with van der Waals surface area (Å²) in [6, 6.07) is 1.98. The van der Waals surface area contributed by atoms with E-state index in [2.05, 4.69) is 37.6 Å². The van der Waals surface area contributed by atoms with E-state index in [1.807, 2.05) is 13.0 Å². The number of nitrogens with one attached hydrogen (secondary N) is 2. The third-order valence-corrected chi connectivity index (χ3v) is 2.29. The third-order valence-electron chi connectivity index (χ3n) is 2.29. The molecule has 2 N–H and O–H groups in total. The number of aryl methyl sites for hydroxylation is 1.